The number of para-hydroxylation sites is 4. The van der Waals surface area contributed by atoms with Crippen LogP contribution in [-0.4, -0.2) is 0 Å². The Labute approximate surface area is 333 Å². The number of hydrogen-bond donors (Lipinski definition) is 0. The van der Waals surface area contributed by atoms with E-state index >= 15 is 0 Å². The van der Waals surface area contributed by atoms with E-state index in [1.54, 1.807) is 0 Å². The van der Waals surface area contributed by atoms with Crippen molar-refractivity contribution in [2.45, 2.75) is 0 Å². The Kier molecular flexibility index (Phi) is 7.26. The molecule has 2 aromatic heterocycles. The summed E-state index contributed by atoms with van der Waals surface area (Å²) in [5.41, 5.74) is 8.41. The molecule has 0 aliphatic rings. The molecule has 270 valence electrons. The first-order valence-electron chi connectivity index (χ1n) is 19.8. The van der Waals surface area contributed by atoms with Crippen LogP contribution in [-0.2, 0) is 0 Å². The molecule has 2 heteroatoms. The van der Waals surface area contributed by atoms with Crippen molar-refractivity contribution in [3.63, 3.8) is 0 Å². The van der Waals surface area contributed by atoms with Gasteiger partial charge in [0.1, 0.15) is 22.3 Å². The van der Waals surface area contributed by atoms with Crippen LogP contribution in [0.3, 0.4) is 0 Å². The lowest BCUT2D eigenvalue weighted by molar-refractivity contribution is 0.669. The third kappa shape index (κ3) is 5.05. The van der Waals surface area contributed by atoms with Gasteiger partial charge in [-0.3, -0.25) is 0 Å². The van der Waals surface area contributed by atoms with Crippen molar-refractivity contribution >= 4 is 97.7 Å². The van der Waals surface area contributed by atoms with E-state index in [1.165, 1.54) is 75.8 Å². The highest BCUT2D eigenvalue weighted by molar-refractivity contribution is 6.26. The second kappa shape index (κ2) is 12.9. The average molecular weight is 739 g/mol. The van der Waals surface area contributed by atoms with Gasteiger partial charge in [-0.05, 0) is 89.3 Å². The van der Waals surface area contributed by atoms with Gasteiger partial charge in [0.05, 0.1) is 0 Å². The van der Waals surface area contributed by atoms with Gasteiger partial charge in [-0.1, -0.05) is 182 Å². The van der Waals surface area contributed by atoms with Crippen molar-refractivity contribution in [3.05, 3.63) is 206 Å². The van der Waals surface area contributed by atoms with Crippen LogP contribution >= 0.6 is 0 Å². The van der Waals surface area contributed by atoms with E-state index in [0.29, 0.717) is 0 Å². The second-order valence-electron chi connectivity index (χ2n) is 15.1. The third-order valence-corrected chi connectivity index (χ3v) is 11.9. The molecule has 2 heterocycles. The summed E-state index contributed by atoms with van der Waals surface area (Å²) in [7, 11) is 0. The summed E-state index contributed by atoms with van der Waals surface area (Å²) >= 11 is 0. The topological polar surface area (TPSA) is 26.3 Å². The minimum Gasteiger partial charge on any atom is -0.455 e. The average Bonchev–Trinajstić information content (AvgIpc) is 3.88. The molecule has 0 amide bonds. The zero-order valence-electron chi connectivity index (χ0n) is 31.4. The molecule has 0 radical (unpaired) electrons. The Hall–Kier alpha value is -7.68. The van der Waals surface area contributed by atoms with Gasteiger partial charge in [0.2, 0.25) is 0 Å². The summed E-state index contributed by atoms with van der Waals surface area (Å²) in [6.07, 6.45) is 0. The molecular weight excluding hydrogens is 705 g/mol. The van der Waals surface area contributed by atoms with Gasteiger partial charge in [-0.25, -0.2) is 0 Å². The monoisotopic (exact) mass is 738 g/mol. The van der Waals surface area contributed by atoms with Gasteiger partial charge in [-0.15, -0.1) is 0 Å². The summed E-state index contributed by atoms with van der Waals surface area (Å²) in [5.74, 6) is 0. The van der Waals surface area contributed by atoms with Crippen molar-refractivity contribution in [3.8, 4) is 22.3 Å². The molecule has 58 heavy (non-hydrogen) atoms. The fraction of sp³-hybridized carbons (Fsp3) is 0. The van der Waals surface area contributed by atoms with Crippen LogP contribution in [0.5, 0.6) is 0 Å². The maximum atomic E-state index is 6.31. The van der Waals surface area contributed by atoms with Crippen LogP contribution in [0.1, 0.15) is 0 Å². The Bertz CT molecular complexity index is 3720. The normalized spacial score (nSPS) is 11.8. The molecule has 2 nitrogen and oxygen atoms in total. The molecule has 0 fully saturated rings. The highest BCUT2D eigenvalue weighted by Gasteiger charge is 2.15. The second-order valence-corrected chi connectivity index (χ2v) is 15.1. The summed E-state index contributed by atoms with van der Waals surface area (Å²) in [5, 5.41) is 17.5. The van der Waals surface area contributed by atoms with Gasteiger partial charge in [0.25, 0.3) is 0 Å². The van der Waals surface area contributed by atoms with Gasteiger partial charge in [-0.2, -0.15) is 0 Å². The first-order chi connectivity index (χ1) is 28.8. The van der Waals surface area contributed by atoms with Crippen LogP contribution in [0, 0.1) is 0 Å². The molecule has 0 saturated carbocycles. The molecule has 0 bridgehead atoms. The highest BCUT2D eigenvalue weighted by Crippen LogP contribution is 2.41. The van der Waals surface area contributed by atoms with Gasteiger partial charge in [0, 0.05) is 32.7 Å². The van der Waals surface area contributed by atoms with Gasteiger partial charge in [0.15, 0.2) is 0 Å². The van der Waals surface area contributed by atoms with Crippen LogP contribution in [0.2, 0.25) is 0 Å². The van der Waals surface area contributed by atoms with E-state index in [1.807, 2.05) is 24.3 Å². The zero-order valence-corrected chi connectivity index (χ0v) is 31.4. The number of benzene rings is 11. The first kappa shape index (κ1) is 32.6. The predicted molar refractivity (Wildman–Crippen MR) is 246 cm³/mol. The van der Waals surface area contributed by atoms with E-state index < -0.39 is 0 Å². The molecule has 0 aliphatic carbocycles. The minimum absolute atomic E-state index is 0.933. The number of rotatable bonds is 2. The third-order valence-electron chi connectivity index (χ3n) is 11.9. The molecule has 0 N–H and O–H groups in total. The Morgan fingerprint density at radius 3 is 1.17 bits per heavy atom. The SMILES string of the molecule is c1ccc2c(c1)ccc1ccc(-c3cccc4c3oc3ccccc34)cc12.c1ccc2c(c1)oc1c(-c3ccc4c5ccccc5c5ccccc5c4c3)cccc12. The lowest BCUT2D eigenvalue weighted by Gasteiger charge is -2.12. The maximum Gasteiger partial charge on any atom is 0.143 e. The van der Waals surface area contributed by atoms with Gasteiger partial charge < -0.3 is 8.83 Å². The number of furan rings is 2. The van der Waals surface area contributed by atoms with E-state index in [2.05, 4.69) is 182 Å². The fourth-order valence-electron chi connectivity index (χ4n) is 9.19. The fourth-order valence-corrected chi connectivity index (χ4v) is 9.19. The Morgan fingerprint density at radius 1 is 0.224 bits per heavy atom. The summed E-state index contributed by atoms with van der Waals surface area (Å²) < 4.78 is 12.5. The number of fused-ring (bicyclic) bond motifs is 15. The molecule has 0 aliphatic heterocycles. The Morgan fingerprint density at radius 2 is 0.603 bits per heavy atom. The van der Waals surface area contributed by atoms with E-state index in [9.17, 15) is 0 Å². The largest absolute Gasteiger partial charge is 0.455 e. The Balaban J connectivity index is 0.000000128. The van der Waals surface area contributed by atoms with E-state index in [4.69, 9.17) is 8.83 Å². The van der Waals surface area contributed by atoms with Crippen molar-refractivity contribution in [1.29, 1.82) is 0 Å². The van der Waals surface area contributed by atoms with Crippen molar-refractivity contribution in [2.75, 3.05) is 0 Å². The maximum absolute atomic E-state index is 6.31. The standard InChI is InChI=1S/C30H18O.C26H16O/c1-2-10-23-21(8-1)22-9-3-4-11-24(22)28-18-19(16-17-25(23)28)20-13-7-14-27-26-12-5-6-15-29(26)31-30(20)27;1-2-7-20-17(6-1)12-13-18-14-15-19(16-24(18)20)21-9-5-10-23-22-8-3-4-11-25(22)27-26(21)23/h1-18H;1-16H. The molecule has 11 aromatic carbocycles. The van der Waals surface area contributed by atoms with E-state index in [-0.39, 0.29) is 0 Å². The molecular formula is C56H34O2. The van der Waals surface area contributed by atoms with Crippen LogP contribution in [0.25, 0.3) is 120 Å². The smallest absolute Gasteiger partial charge is 0.143 e. The molecule has 0 saturated heterocycles. The minimum atomic E-state index is 0.933. The molecule has 0 atom stereocenters. The van der Waals surface area contributed by atoms with Crippen LogP contribution in [0.15, 0.2) is 215 Å². The molecule has 13 rings (SSSR count). The predicted octanol–water partition coefficient (Wildman–Crippen LogP) is 16.3. The van der Waals surface area contributed by atoms with Crippen molar-refractivity contribution < 1.29 is 8.83 Å². The zero-order chi connectivity index (χ0) is 38.2. The van der Waals surface area contributed by atoms with Crippen LogP contribution in [0.4, 0.5) is 0 Å². The molecule has 0 spiro atoms. The summed E-state index contributed by atoms with van der Waals surface area (Å²) in [6, 6.07) is 73.2. The lowest BCUT2D eigenvalue weighted by Crippen LogP contribution is -1.85. The van der Waals surface area contributed by atoms with Crippen molar-refractivity contribution in [1.82, 2.24) is 0 Å². The van der Waals surface area contributed by atoms with Crippen molar-refractivity contribution in [2.24, 2.45) is 0 Å². The first-order valence-corrected chi connectivity index (χ1v) is 19.8. The highest BCUT2D eigenvalue weighted by atomic mass is 16.3. The van der Waals surface area contributed by atoms with Crippen LogP contribution < -0.4 is 0 Å². The quantitative estimate of drug-likeness (QED) is 0.165. The van der Waals surface area contributed by atoms with Gasteiger partial charge >= 0.3 is 0 Å². The summed E-state index contributed by atoms with van der Waals surface area (Å²) in [6.45, 7) is 0. The molecule has 13 aromatic rings. The van der Waals surface area contributed by atoms with E-state index in [0.717, 1.165) is 44.2 Å². The number of hydrogen-bond acceptors (Lipinski definition) is 2. The lowest BCUT2D eigenvalue weighted by atomic mass is 9.92. The summed E-state index contributed by atoms with van der Waals surface area (Å²) in [4.78, 5) is 0. The molecule has 0 unspecified atom stereocenters.